The van der Waals surface area contributed by atoms with Gasteiger partial charge in [0.1, 0.15) is 17.5 Å². The topological polar surface area (TPSA) is 95.6 Å². The summed E-state index contributed by atoms with van der Waals surface area (Å²) in [5, 5.41) is 8.61. The first-order valence-corrected chi connectivity index (χ1v) is 8.82. The molecule has 4 N–H and O–H groups in total. The lowest BCUT2D eigenvalue weighted by molar-refractivity contribution is 0.262. The zero-order valence-electron chi connectivity index (χ0n) is 13.7. The molecule has 26 heavy (non-hydrogen) atoms. The first-order chi connectivity index (χ1) is 12.7. The lowest BCUT2D eigenvalue weighted by atomic mass is 10.2. The van der Waals surface area contributed by atoms with E-state index < -0.39 is 0 Å². The van der Waals surface area contributed by atoms with Gasteiger partial charge in [0, 0.05) is 17.6 Å². The summed E-state index contributed by atoms with van der Waals surface area (Å²) >= 11 is 1.63. The number of carbonyl (C=O) groups is 1. The van der Waals surface area contributed by atoms with Gasteiger partial charge in [0.05, 0.1) is 17.4 Å². The number of amides is 2. The number of fused-ring (bicyclic) bond motifs is 1. The highest BCUT2D eigenvalue weighted by Crippen LogP contribution is 2.36. The number of nitrogens with two attached hydrogens (primary N) is 1. The van der Waals surface area contributed by atoms with Crippen molar-refractivity contribution in [1.29, 1.82) is 0 Å². The Balaban J connectivity index is 1.45. The summed E-state index contributed by atoms with van der Waals surface area (Å²) in [6, 6.07) is 12.8. The van der Waals surface area contributed by atoms with Crippen LogP contribution in [0.2, 0.25) is 0 Å². The Morgan fingerprint density at radius 3 is 2.69 bits per heavy atom. The number of pyridine rings is 1. The molecule has 0 unspecified atom stereocenters. The van der Waals surface area contributed by atoms with Crippen LogP contribution in [0, 0.1) is 0 Å². The molecule has 0 saturated heterocycles. The molecule has 0 saturated carbocycles. The average Bonchev–Trinajstić information content (AvgIpc) is 3.14. The summed E-state index contributed by atoms with van der Waals surface area (Å²) in [5.41, 5.74) is 9.22. The van der Waals surface area contributed by atoms with Gasteiger partial charge in [-0.3, -0.25) is 4.98 Å². The fourth-order valence-electron chi connectivity index (χ4n) is 2.66. The molecule has 3 aromatic rings. The second-order valence-corrected chi connectivity index (χ2v) is 6.51. The minimum atomic E-state index is -0.318. The third kappa shape index (κ3) is 3.22. The third-order valence-electron chi connectivity index (χ3n) is 3.90. The minimum absolute atomic E-state index is 0.318. The van der Waals surface area contributed by atoms with Crippen molar-refractivity contribution in [3.63, 3.8) is 0 Å². The van der Waals surface area contributed by atoms with E-state index in [0.29, 0.717) is 23.9 Å². The van der Waals surface area contributed by atoms with Crippen LogP contribution in [0.5, 0.6) is 0 Å². The molecule has 4 rings (SSSR count). The molecular formula is C18H16N6OS. The summed E-state index contributed by atoms with van der Waals surface area (Å²) < 4.78 is 0. The number of hydrogen-bond acceptors (Lipinski definition) is 6. The zero-order valence-corrected chi connectivity index (χ0v) is 14.5. The zero-order chi connectivity index (χ0) is 17.9. The summed E-state index contributed by atoms with van der Waals surface area (Å²) in [6.45, 7) is 0.480. The lowest BCUT2D eigenvalue weighted by Crippen LogP contribution is -2.27. The second-order valence-electron chi connectivity index (χ2n) is 5.62. The van der Waals surface area contributed by atoms with Crippen LogP contribution in [0.25, 0.3) is 0 Å². The van der Waals surface area contributed by atoms with E-state index in [1.165, 1.54) is 0 Å². The van der Waals surface area contributed by atoms with Gasteiger partial charge < -0.3 is 21.3 Å². The van der Waals surface area contributed by atoms with Crippen LogP contribution in [-0.2, 0) is 0 Å². The monoisotopic (exact) mass is 364 g/mol. The Morgan fingerprint density at radius 2 is 1.92 bits per heavy atom. The van der Waals surface area contributed by atoms with Crippen molar-refractivity contribution in [2.24, 2.45) is 10.7 Å². The number of nitrogens with one attached hydrogen (secondary N) is 2. The number of aliphatic imine (C=N–C) groups is 1. The van der Waals surface area contributed by atoms with Crippen molar-refractivity contribution in [3.8, 4) is 0 Å². The SMILES string of the molecule is NC1=NCN(c2ccc(NC(=O)Nc3cccnc3)cc2)c2sccc21. The van der Waals surface area contributed by atoms with Gasteiger partial charge in [0.2, 0.25) is 0 Å². The first kappa shape index (κ1) is 16.1. The van der Waals surface area contributed by atoms with Crippen LogP contribution < -0.4 is 21.3 Å². The first-order valence-electron chi connectivity index (χ1n) is 7.94. The van der Waals surface area contributed by atoms with Crippen molar-refractivity contribution < 1.29 is 4.79 Å². The average molecular weight is 364 g/mol. The number of benzene rings is 1. The Labute approximate surface area is 154 Å². The summed E-state index contributed by atoms with van der Waals surface area (Å²) in [4.78, 5) is 22.5. The second kappa shape index (κ2) is 6.85. The molecule has 1 aliphatic rings. The Hall–Kier alpha value is -3.39. The van der Waals surface area contributed by atoms with Crippen LogP contribution in [0.15, 0.2) is 65.2 Å². The number of aromatic nitrogens is 1. The Morgan fingerprint density at radius 1 is 1.12 bits per heavy atom. The van der Waals surface area contributed by atoms with Crippen LogP contribution >= 0.6 is 11.3 Å². The van der Waals surface area contributed by atoms with Gasteiger partial charge in [-0.1, -0.05) is 0 Å². The highest BCUT2D eigenvalue weighted by molar-refractivity contribution is 7.14. The van der Waals surface area contributed by atoms with Gasteiger partial charge in [-0.05, 0) is 47.8 Å². The molecule has 7 nitrogen and oxygen atoms in total. The van der Waals surface area contributed by atoms with E-state index in [2.05, 4.69) is 25.5 Å². The van der Waals surface area contributed by atoms with Gasteiger partial charge >= 0.3 is 6.03 Å². The number of thiophene rings is 1. The predicted octanol–water partition coefficient (Wildman–Crippen LogP) is 3.60. The fraction of sp³-hybridized carbons (Fsp3) is 0.0556. The maximum atomic E-state index is 12.0. The van der Waals surface area contributed by atoms with Gasteiger partial charge in [0.25, 0.3) is 0 Å². The minimum Gasteiger partial charge on any atom is -0.383 e. The molecule has 0 bridgehead atoms. The molecule has 8 heteroatoms. The van der Waals surface area contributed by atoms with E-state index >= 15 is 0 Å². The number of amidine groups is 1. The molecule has 1 aliphatic heterocycles. The molecule has 2 amide bonds. The van der Waals surface area contributed by atoms with E-state index in [4.69, 9.17) is 5.73 Å². The number of rotatable bonds is 3. The van der Waals surface area contributed by atoms with Crippen LogP contribution in [0.4, 0.5) is 26.9 Å². The van der Waals surface area contributed by atoms with Gasteiger partial charge in [-0.15, -0.1) is 11.3 Å². The molecule has 130 valence electrons. The summed E-state index contributed by atoms with van der Waals surface area (Å²) in [7, 11) is 0. The van der Waals surface area contributed by atoms with Crippen LogP contribution in [-0.4, -0.2) is 23.5 Å². The highest BCUT2D eigenvalue weighted by Gasteiger charge is 2.21. The molecule has 3 heterocycles. The molecule has 0 spiro atoms. The summed E-state index contributed by atoms with van der Waals surface area (Å²) in [6.07, 6.45) is 3.24. The van der Waals surface area contributed by atoms with E-state index in [1.54, 1.807) is 35.9 Å². The molecule has 0 radical (unpaired) electrons. The molecule has 0 atom stereocenters. The van der Waals surface area contributed by atoms with Crippen molar-refractivity contribution in [3.05, 3.63) is 65.8 Å². The number of urea groups is 1. The smallest absolute Gasteiger partial charge is 0.323 e. The number of carbonyl (C=O) groups excluding carboxylic acids is 1. The summed E-state index contributed by atoms with van der Waals surface area (Å²) in [5.74, 6) is 0.572. The van der Waals surface area contributed by atoms with Crippen molar-refractivity contribution in [1.82, 2.24) is 4.98 Å². The molecule has 1 aromatic carbocycles. The van der Waals surface area contributed by atoms with Gasteiger partial charge in [0.15, 0.2) is 0 Å². The molecule has 2 aromatic heterocycles. The van der Waals surface area contributed by atoms with Gasteiger partial charge in [-0.25, -0.2) is 9.79 Å². The van der Waals surface area contributed by atoms with Crippen molar-refractivity contribution in [2.75, 3.05) is 22.2 Å². The third-order valence-corrected chi connectivity index (χ3v) is 4.84. The quantitative estimate of drug-likeness (QED) is 0.662. The number of hydrogen-bond donors (Lipinski definition) is 3. The molecular weight excluding hydrogens is 348 g/mol. The van der Waals surface area contributed by atoms with E-state index in [1.807, 2.05) is 35.7 Å². The van der Waals surface area contributed by atoms with E-state index in [9.17, 15) is 4.79 Å². The van der Waals surface area contributed by atoms with E-state index in [-0.39, 0.29) is 6.03 Å². The fourth-order valence-corrected chi connectivity index (χ4v) is 3.58. The Bertz CT molecular complexity index is 951. The Kier molecular flexibility index (Phi) is 4.24. The van der Waals surface area contributed by atoms with Crippen LogP contribution in [0.1, 0.15) is 5.56 Å². The maximum Gasteiger partial charge on any atom is 0.323 e. The standard InChI is InChI=1S/C18H16N6OS/c19-16-15-7-9-26-17(15)24(11-21-16)14-5-3-12(4-6-14)22-18(25)23-13-2-1-8-20-10-13/h1-10H,11H2,(H2,19,21)(H2,22,23,25). The number of anilines is 4. The van der Waals surface area contributed by atoms with Crippen molar-refractivity contribution in [2.45, 2.75) is 0 Å². The van der Waals surface area contributed by atoms with Gasteiger partial charge in [-0.2, -0.15) is 0 Å². The predicted molar refractivity (Wildman–Crippen MR) is 105 cm³/mol. The largest absolute Gasteiger partial charge is 0.383 e. The molecule has 0 aliphatic carbocycles. The van der Waals surface area contributed by atoms with Crippen molar-refractivity contribution >= 4 is 45.3 Å². The molecule has 0 fully saturated rings. The van der Waals surface area contributed by atoms with E-state index in [0.717, 1.165) is 16.3 Å². The highest BCUT2D eigenvalue weighted by atomic mass is 32.1. The number of nitrogens with zero attached hydrogens (tertiary/aromatic N) is 3. The maximum absolute atomic E-state index is 12.0. The normalized spacial score (nSPS) is 12.9. The van der Waals surface area contributed by atoms with Crippen LogP contribution in [0.3, 0.4) is 0 Å². The lowest BCUT2D eigenvalue weighted by Gasteiger charge is -2.26.